The van der Waals surface area contributed by atoms with E-state index in [0.29, 0.717) is 18.7 Å². The van der Waals surface area contributed by atoms with Crippen molar-refractivity contribution in [1.29, 1.82) is 0 Å². The number of hydrogen-bond donors (Lipinski definition) is 0. The molecule has 2 atom stereocenters. The zero-order valence-corrected chi connectivity index (χ0v) is 13.6. The summed E-state index contributed by atoms with van der Waals surface area (Å²) in [6, 6.07) is 11.2. The number of carbonyl (C=O) groups excluding carboxylic acids is 1. The normalized spacial score (nSPS) is 31.5. The van der Waals surface area contributed by atoms with E-state index in [1.165, 1.54) is 12.8 Å². The van der Waals surface area contributed by atoms with Crippen LogP contribution in [0.5, 0.6) is 0 Å². The number of rotatable bonds is 3. The van der Waals surface area contributed by atoms with Gasteiger partial charge in [-0.3, -0.25) is 4.79 Å². The molecule has 1 aromatic rings. The number of fused-ring (bicyclic) bond motifs is 2. The number of benzene rings is 1. The van der Waals surface area contributed by atoms with Crippen LogP contribution in [0, 0.1) is 0 Å². The maximum absolute atomic E-state index is 12.7. The van der Waals surface area contributed by atoms with E-state index < -0.39 is 5.41 Å². The second-order valence-electron chi connectivity index (χ2n) is 6.13. The summed E-state index contributed by atoms with van der Waals surface area (Å²) in [5.41, 5.74) is 0.693. The largest absolute Gasteiger partial charge is 0.465 e. The quantitative estimate of drug-likeness (QED) is 0.803. The lowest BCUT2D eigenvalue weighted by atomic mass is 9.70. The number of carbonyl (C=O) groups is 1. The Morgan fingerprint density at radius 2 is 1.81 bits per heavy atom. The summed E-state index contributed by atoms with van der Waals surface area (Å²) in [4.78, 5) is 15.2. The first-order valence-electron chi connectivity index (χ1n) is 7.62. The molecule has 4 heteroatoms. The first kappa shape index (κ1) is 16.3. The molecule has 2 fully saturated rings. The molecule has 0 N–H and O–H groups in total. The molecular weight excluding hydrogens is 286 g/mol. The van der Waals surface area contributed by atoms with Crippen LogP contribution in [-0.4, -0.2) is 36.6 Å². The molecule has 1 aromatic carbocycles. The van der Waals surface area contributed by atoms with Gasteiger partial charge in [-0.1, -0.05) is 30.3 Å². The average Bonchev–Trinajstić information content (AvgIpc) is 2.70. The van der Waals surface area contributed by atoms with E-state index in [0.717, 1.165) is 18.4 Å². The Bertz CT molecular complexity index is 477. The SMILES string of the molecule is CCOC(=O)C1(c2ccccc2)CC2CCC(C1)N2C.Cl. The fraction of sp³-hybridized carbons (Fsp3) is 0.588. The van der Waals surface area contributed by atoms with Gasteiger partial charge in [0, 0.05) is 12.1 Å². The van der Waals surface area contributed by atoms with Gasteiger partial charge in [0.1, 0.15) is 0 Å². The maximum atomic E-state index is 12.7. The molecule has 2 heterocycles. The van der Waals surface area contributed by atoms with Crippen LogP contribution in [0.3, 0.4) is 0 Å². The molecule has 3 rings (SSSR count). The predicted octanol–water partition coefficient (Wildman–Crippen LogP) is 3.17. The number of piperidine rings is 1. The molecule has 116 valence electrons. The maximum Gasteiger partial charge on any atom is 0.316 e. The fourth-order valence-corrected chi connectivity index (χ4v) is 4.02. The summed E-state index contributed by atoms with van der Waals surface area (Å²) >= 11 is 0. The summed E-state index contributed by atoms with van der Waals surface area (Å²) in [6.45, 7) is 2.35. The highest BCUT2D eigenvalue weighted by atomic mass is 35.5. The fourth-order valence-electron chi connectivity index (χ4n) is 4.02. The van der Waals surface area contributed by atoms with Gasteiger partial charge in [0.25, 0.3) is 0 Å². The predicted molar refractivity (Wildman–Crippen MR) is 85.8 cm³/mol. The van der Waals surface area contributed by atoms with E-state index >= 15 is 0 Å². The molecule has 0 radical (unpaired) electrons. The third-order valence-corrected chi connectivity index (χ3v) is 5.15. The topological polar surface area (TPSA) is 29.5 Å². The van der Waals surface area contributed by atoms with Crippen molar-refractivity contribution in [1.82, 2.24) is 4.90 Å². The van der Waals surface area contributed by atoms with Crippen molar-refractivity contribution < 1.29 is 9.53 Å². The molecule has 2 bridgehead atoms. The van der Waals surface area contributed by atoms with Gasteiger partial charge < -0.3 is 9.64 Å². The Kier molecular flexibility index (Phi) is 4.95. The Balaban J connectivity index is 0.00000161. The summed E-state index contributed by atoms with van der Waals surface area (Å²) in [5.74, 6) is -0.0313. The van der Waals surface area contributed by atoms with Gasteiger partial charge in [-0.2, -0.15) is 0 Å². The number of halogens is 1. The molecule has 3 nitrogen and oxygen atoms in total. The minimum Gasteiger partial charge on any atom is -0.465 e. The van der Waals surface area contributed by atoms with Gasteiger partial charge in [0.2, 0.25) is 0 Å². The molecule has 0 spiro atoms. The van der Waals surface area contributed by atoms with Crippen LogP contribution in [0.1, 0.15) is 38.2 Å². The van der Waals surface area contributed by atoms with Crippen LogP contribution in [0.2, 0.25) is 0 Å². The number of ether oxygens (including phenoxy) is 1. The molecule has 2 aliphatic rings. The number of esters is 1. The highest BCUT2D eigenvalue weighted by molar-refractivity contribution is 5.85. The van der Waals surface area contributed by atoms with E-state index in [4.69, 9.17) is 4.74 Å². The molecule has 0 saturated carbocycles. The zero-order chi connectivity index (χ0) is 14.2. The molecule has 0 amide bonds. The highest BCUT2D eigenvalue weighted by Gasteiger charge is 2.52. The zero-order valence-electron chi connectivity index (χ0n) is 12.7. The van der Waals surface area contributed by atoms with Crippen molar-refractivity contribution in [3.8, 4) is 0 Å². The monoisotopic (exact) mass is 309 g/mol. The Labute approximate surface area is 133 Å². The Morgan fingerprint density at radius 3 is 2.33 bits per heavy atom. The van der Waals surface area contributed by atoms with Crippen LogP contribution >= 0.6 is 12.4 Å². The summed E-state index contributed by atoms with van der Waals surface area (Å²) in [5, 5.41) is 0. The third kappa shape index (κ3) is 2.69. The van der Waals surface area contributed by atoms with Gasteiger partial charge in [-0.25, -0.2) is 0 Å². The second-order valence-corrected chi connectivity index (χ2v) is 6.13. The smallest absolute Gasteiger partial charge is 0.316 e. The molecule has 2 unspecified atom stereocenters. The van der Waals surface area contributed by atoms with Crippen molar-refractivity contribution in [2.45, 2.75) is 50.1 Å². The van der Waals surface area contributed by atoms with Crippen molar-refractivity contribution in [3.63, 3.8) is 0 Å². The molecule has 0 aliphatic carbocycles. The van der Waals surface area contributed by atoms with E-state index in [2.05, 4.69) is 24.1 Å². The lowest BCUT2D eigenvalue weighted by Crippen LogP contribution is -2.52. The highest BCUT2D eigenvalue weighted by Crippen LogP contribution is 2.47. The molecular formula is C17H24ClNO2. The molecule has 0 aromatic heterocycles. The van der Waals surface area contributed by atoms with E-state index in [9.17, 15) is 4.79 Å². The minimum atomic E-state index is -0.435. The lowest BCUT2D eigenvalue weighted by molar-refractivity contribution is -0.153. The van der Waals surface area contributed by atoms with Crippen molar-refractivity contribution >= 4 is 18.4 Å². The summed E-state index contributed by atoms with van der Waals surface area (Å²) in [6.07, 6.45) is 4.19. The Hall–Kier alpha value is -1.06. The van der Waals surface area contributed by atoms with E-state index in [1.54, 1.807) is 0 Å². The molecule has 2 saturated heterocycles. The summed E-state index contributed by atoms with van der Waals surface area (Å²) < 4.78 is 5.44. The van der Waals surface area contributed by atoms with E-state index in [1.807, 2.05) is 25.1 Å². The van der Waals surface area contributed by atoms with Gasteiger partial charge in [-0.05, 0) is 45.2 Å². The third-order valence-electron chi connectivity index (χ3n) is 5.15. The van der Waals surface area contributed by atoms with E-state index in [-0.39, 0.29) is 18.4 Å². The van der Waals surface area contributed by atoms with Crippen LogP contribution in [-0.2, 0) is 14.9 Å². The van der Waals surface area contributed by atoms with Gasteiger partial charge >= 0.3 is 5.97 Å². The van der Waals surface area contributed by atoms with Crippen molar-refractivity contribution in [3.05, 3.63) is 35.9 Å². The molecule has 2 aliphatic heterocycles. The van der Waals surface area contributed by atoms with Gasteiger partial charge in [-0.15, -0.1) is 12.4 Å². The first-order valence-corrected chi connectivity index (χ1v) is 7.62. The standard InChI is InChI=1S/C17H23NO2.ClH/c1-3-20-16(19)17(13-7-5-4-6-8-13)11-14-9-10-15(12-17)18(14)2;/h4-8,14-15H,3,9-12H2,1-2H3;1H. The second kappa shape index (κ2) is 6.37. The van der Waals surface area contributed by atoms with Crippen LogP contribution in [0.25, 0.3) is 0 Å². The van der Waals surface area contributed by atoms with Gasteiger partial charge in [0.05, 0.1) is 12.0 Å². The Morgan fingerprint density at radius 1 is 1.24 bits per heavy atom. The van der Waals surface area contributed by atoms with Crippen LogP contribution < -0.4 is 0 Å². The first-order chi connectivity index (χ1) is 9.67. The van der Waals surface area contributed by atoms with Crippen LogP contribution in [0.4, 0.5) is 0 Å². The lowest BCUT2D eigenvalue weighted by Gasteiger charge is -2.43. The van der Waals surface area contributed by atoms with Crippen molar-refractivity contribution in [2.75, 3.05) is 13.7 Å². The van der Waals surface area contributed by atoms with Crippen LogP contribution in [0.15, 0.2) is 30.3 Å². The minimum absolute atomic E-state index is 0. The average molecular weight is 310 g/mol. The number of nitrogens with zero attached hydrogens (tertiary/aromatic N) is 1. The van der Waals surface area contributed by atoms with Crippen molar-refractivity contribution in [2.24, 2.45) is 0 Å². The molecule has 21 heavy (non-hydrogen) atoms. The van der Waals surface area contributed by atoms with Gasteiger partial charge in [0.15, 0.2) is 0 Å². The summed E-state index contributed by atoms with van der Waals surface area (Å²) in [7, 11) is 2.20. The number of hydrogen-bond acceptors (Lipinski definition) is 3.